The third kappa shape index (κ3) is 7.28. The zero-order chi connectivity index (χ0) is 21.9. The van der Waals surface area contributed by atoms with Gasteiger partial charge in [0, 0.05) is 17.1 Å². The van der Waals surface area contributed by atoms with E-state index in [0.717, 1.165) is 11.1 Å². The molecule has 7 heteroatoms. The minimum atomic E-state index is -0.830. The van der Waals surface area contributed by atoms with E-state index in [2.05, 4.69) is 15.8 Å². The molecule has 0 atom stereocenters. The van der Waals surface area contributed by atoms with Gasteiger partial charge in [-0.1, -0.05) is 66.2 Å². The van der Waals surface area contributed by atoms with Gasteiger partial charge in [0.05, 0.1) is 6.21 Å². The molecule has 0 aliphatic heterocycles. The standard InChI is InChI=1S/C24H22ClN3O3/c25-21-12-10-19(11-13-21)17-31-22-9-5-4-8-20(22)16-27-28-24(30)23(29)26-15-14-18-6-2-1-3-7-18/h1-13,16H,14-15,17H2,(H,26,29)(H,28,30)/b27-16-. The third-order valence-corrected chi connectivity index (χ3v) is 4.60. The zero-order valence-corrected chi connectivity index (χ0v) is 17.5. The van der Waals surface area contributed by atoms with Crippen molar-refractivity contribution in [2.75, 3.05) is 6.54 Å². The number of amides is 2. The Morgan fingerprint density at radius 2 is 1.58 bits per heavy atom. The fraction of sp³-hybridized carbons (Fsp3) is 0.125. The molecule has 31 heavy (non-hydrogen) atoms. The van der Waals surface area contributed by atoms with Crippen LogP contribution >= 0.6 is 11.6 Å². The van der Waals surface area contributed by atoms with Gasteiger partial charge in [-0.3, -0.25) is 9.59 Å². The lowest BCUT2D eigenvalue weighted by molar-refractivity contribution is -0.139. The van der Waals surface area contributed by atoms with Gasteiger partial charge in [-0.15, -0.1) is 0 Å². The van der Waals surface area contributed by atoms with E-state index in [-0.39, 0.29) is 0 Å². The fourth-order valence-electron chi connectivity index (χ4n) is 2.72. The van der Waals surface area contributed by atoms with Gasteiger partial charge in [-0.2, -0.15) is 5.10 Å². The maximum Gasteiger partial charge on any atom is 0.329 e. The van der Waals surface area contributed by atoms with Gasteiger partial charge in [0.15, 0.2) is 0 Å². The van der Waals surface area contributed by atoms with Crippen LogP contribution < -0.4 is 15.5 Å². The lowest BCUT2D eigenvalue weighted by Crippen LogP contribution is -2.38. The van der Waals surface area contributed by atoms with E-state index in [9.17, 15) is 9.59 Å². The van der Waals surface area contributed by atoms with Gasteiger partial charge in [0.1, 0.15) is 12.4 Å². The number of ether oxygens (including phenoxy) is 1. The maximum absolute atomic E-state index is 11.9. The number of halogens is 1. The minimum Gasteiger partial charge on any atom is -0.488 e. The number of para-hydroxylation sites is 1. The lowest BCUT2D eigenvalue weighted by Gasteiger charge is -2.09. The molecule has 0 aliphatic rings. The Labute approximate surface area is 185 Å². The predicted molar refractivity (Wildman–Crippen MR) is 121 cm³/mol. The second-order valence-corrected chi connectivity index (χ2v) is 7.08. The van der Waals surface area contributed by atoms with Gasteiger partial charge in [0.2, 0.25) is 0 Å². The highest BCUT2D eigenvalue weighted by Crippen LogP contribution is 2.18. The smallest absolute Gasteiger partial charge is 0.329 e. The van der Waals surface area contributed by atoms with Crippen LogP contribution in [0.3, 0.4) is 0 Å². The number of hydrogen-bond acceptors (Lipinski definition) is 4. The summed E-state index contributed by atoms with van der Waals surface area (Å²) in [6, 6.07) is 24.3. The molecule has 0 saturated heterocycles. The molecule has 0 aromatic heterocycles. The molecule has 6 nitrogen and oxygen atoms in total. The molecule has 0 saturated carbocycles. The summed E-state index contributed by atoms with van der Waals surface area (Å²) in [6.07, 6.45) is 2.08. The topological polar surface area (TPSA) is 79.8 Å². The number of carbonyl (C=O) groups is 2. The molecular weight excluding hydrogens is 414 g/mol. The maximum atomic E-state index is 11.9. The van der Waals surface area contributed by atoms with Gasteiger partial charge < -0.3 is 10.1 Å². The Balaban J connectivity index is 1.47. The number of rotatable bonds is 8. The highest BCUT2D eigenvalue weighted by molar-refractivity contribution is 6.35. The Bertz CT molecular complexity index is 1040. The Morgan fingerprint density at radius 1 is 0.871 bits per heavy atom. The first kappa shape index (κ1) is 22.1. The van der Waals surface area contributed by atoms with Gasteiger partial charge in [0.25, 0.3) is 0 Å². The van der Waals surface area contributed by atoms with Crippen LogP contribution in [0, 0.1) is 0 Å². The van der Waals surface area contributed by atoms with Crippen molar-refractivity contribution in [2.24, 2.45) is 5.10 Å². The van der Waals surface area contributed by atoms with Crippen LogP contribution in [0.1, 0.15) is 16.7 Å². The van der Waals surface area contributed by atoms with Crippen molar-refractivity contribution in [2.45, 2.75) is 13.0 Å². The molecule has 3 rings (SSSR count). The number of benzene rings is 3. The monoisotopic (exact) mass is 435 g/mol. The quantitative estimate of drug-likeness (QED) is 0.321. The number of nitrogens with one attached hydrogen (secondary N) is 2. The minimum absolute atomic E-state index is 0.359. The van der Waals surface area contributed by atoms with Crippen molar-refractivity contribution in [1.82, 2.24) is 10.7 Å². The van der Waals surface area contributed by atoms with Gasteiger partial charge in [-0.25, -0.2) is 5.43 Å². The average Bonchev–Trinajstić information content (AvgIpc) is 2.80. The second kappa shape index (κ2) is 11.5. The summed E-state index contributed by atoms with van der Waals surface area (Å²) < 4.78 is 5.84. The summed E-state index contributed by atoms with van der Waals surface area (Å²) in [6.45, 7) is 0.722. The molecule has 0 spiro atoms. The first-order valence-electron chi connectivity index (χ1n) is 9.73. The Morgan fingerprint density at radius 3 is 2.35 bits per heavy atom. The largest absolute Gasteiger partial charge is 0.488 e. The highest BCUT2D eigenvalue weighted by Gasteiger charge is 2.11. The van der Waals surface area contributed by atoms with E-state index in [4.69, 9.17) is 16.3 Å². The fourth-order valence-corrected chi connectivity index (χ4v) is 2.84. The van der Waals surface area contributed by atoms with E-state index in [1.165, 1.54) is 6.21 Å². The predicted octanol–water partition coefficient (Wildman–Crippen LogP) is 3.73. The van der Waals surface area contributed by atoms with Crippen LogP contribution in [0.5, 0.6) is 5.75 Å². The lowest BCUT2D eigenvalue weighted by atomic mass is 10.1. The summed E-state index contributed by atoms with van der Waals surface area (Å²) in [5.74, 6) is -0.966. The van der Waals surface area contributed by atoms with Crippen LogP contribution in [0.15, 0.2) is 84.0 Å². The number of carbonyl (C=O) groups excluding carboxylic acids is 2. The number of nitrogens with zero attached hydrogens (tertiary/aromatic N) is 1. The zero-order valence-electron chi connectivity index (χ0n) is 16.8. The highest BCUT2D eigenvalue weighted by atomic mass is 35.5. The van der Waals surface area contributed by atoms with Crippen LogP contribution in [0.25, 0.3) is 0 Å². The van der Waals surface area contributed by atoms with E-state index in [0.29, 0.717) is 35.9 Å². The summed E-state index contributed by atoms with van der Waals surface area (Å²) in [4.78, 5) is 23.8. The normalized spacial score (nSPS) is 10.6. The first-order valence-corrected chi connectivity index (χ1v) is 10.1. The molecule has 0 unspecified atom stereocenters. The van der Waals surface area contributed by atoms with Crippen molar-refractivity contribution in [1.29, 1.82) is 0 Å². The summed E-state index contributed by atoms with van der Waals surface area (Å²) in [5, 5.41) is 7.11. The van der Waals surface area contributed by atoms with E-state index in [1.54, 1.807) is 24.3 Å². The molecule has 3 aromatic rings. The van der Waals surface area contributed by atoms with Crippen molar-refractivity contribution in [3.8, 4) is 5.75 Å². The molecule has 0 radical (unpaired) electrons. The van der Waals surface area contributed by atoms with Crippen molar-refractivity contribution in [3.63, 3.8) is 0 Å². The van der Waals surface area contributed by atoms with Crippen molar-refractivity contribution in [3.05, 3.63) is 101 Å². The Kier molecular flexibility index (Phi) is 8.20. The van der Waals surface area contributed by atoms with E-state index in [1.807, 2.05) is 54.6 Å². The molecule has 0 fully saturated rings. The molecule has 0 heterocycles. The second-order valence-electron chi connectivity index (χ2n) is 6.64. The van der Waals surface area contributed by atoms with Crippen molar-refractivity contribution < 1.29 is 14.3 Å². The van der Waals surface area contributed by atoms with Crippen LogP contribution in [0.2, 0.25) is 5.02 Å². The molecule has 2 amide bonds. The number of hydrazone groups is 1. The van der Waals surface area contributed by atoms with Gasteiger partial charge in [-0.05, 0) is 41.8 Å². The van der Waals surface area contributed by atoms with Crippen LogP contribution in [0.4, 0.5) is 0 Å². The van der Waals surface area contributed by atoms with E-state index < -0.39 is 11.8 Å². The third-order valence-electron chi connectivity index (χ3n) is 4.34. The molecule has 0 aliphatic carbocycles. The summed E-state index contributed by atoms with van der Waals surface area (Å²) >= 11 is 5.89. The van der Waals surface area contributed by atoms with Crippen LogP contribution in [-0.4, -0.2) is 24.6 Å². The summed E-state index contributed by atoms with van der Waals surface area (Å²) in [5.41, 5.74) is 4.95. The first-order chi connectivity index (χ1) is 15.1. The molecule has 2 N–H and O–H groups in total. The van der Waals surface area contributed by atoms with E-state index >= 15 is 0 Å². The van der Waals surface area contributed by atoms with Gasteiger partial charge >= 0.3 is 11.8 Å². The molecular formula is C24H22ClN3O3. The molecule has 158 valence electrons. The summed E-state index contributed by atoms with van der Waals surface area (Å²) in [7, 11) is 0. The number of hydrogen-bond donors (Lipinski definition) is 2. The Hall–Kier alpha value is -3.64. The molecule has 0 bridgehead atoms. The van der Waals surface area contributed by atoms with Crippen molar-refractivity contribution >= 4 is 29.6 Å². The van der Waals surface area contributed by atoms with Crippen LogP contribution in [-0.2, 0) is 22.6 Å². The SMILES string of the molecule is O=C(NCCc1ccccc1)C(=O)N/N=C\c1ccccc1OCc1ccc(Cl)cc1. The molecule has 3 aromatic carbocycles. The average molecular weight is 436 g/mol.